The summed E-state index contributed by atoms with van der Waals surface area (Å²) in [5.41, 5.74) is 1.12. The van der Waals surface area contributed by atoms with E-state index in [4.69, 9.17) is 0 Å². The van der Waals surface area contributed by atoms with Crippen molar-refractivity contribution < 1.29 is 4.92 Å². The molecule has 0 aliphatic rings. The largest absolute Gasteiger partial charge is 0.311 e. The third kappa shape index (κ3) is 4.08. The zero-order valence-corrected chi connectivity index (χ0v) is 13.4. The standard InChI is InChI=1S/C13H16BrN5O2/c1-9(2)6-15-7-11-8-18(17-16-11)12-4-3-10(14)5-13(12)19(20)21/h3-5,8-9,15H,6-7H2,1-2H3. The van der Waals surface area contributed by atoms with Crippen molar-refractivity contribution >= 4 is 21.6 Å². The molecule has 8 heteroatoms. The van der Waals surface area contributed by atoms with Crippen LogP contribution in [-0.4, -0.2) is 26.5 Å². The van der Waals surface area contributed by atoms with Gasteiger partial charge in [0, 0.05) is 17.1 Å². The number of aromatic nitrogens is 3. The molecule has 21 heavy (non-hydrogen) atoms. The van der Waals surface area contributed by atoms with Crippen molar-refractivity contribution in [2.75, 3.05) is 6.54 Å². The third-order valence-electron chi connectivity index (χ3n) is 2.78. The molecule has 1 heterocycles. The molecule has 0 radical (unpaired) electrons. The van der Waals surface area contributed by atoms with E-state index < -0.39 is 4.92 Å². The first-order valence-corrected chi connectivity index (χ1v) is 7.33. The van der Waals surface area contributed by atoms with Gasteiger partial charge in [-0.25, -0.2) is 4.68 Å². The van der Waals surface area contributed by atoms with Crippen LogP contribution in [0.5, 0.6) is 0 Å². The van der Waals surface area contributed by atoms with Crippen LogP contribution >= 0.6 is 15.9 Å². The highest BCUT2D eigenvalue weighted by Gasteiger charge is 2.17. The van der Waals surface area contributed by atoms with Crippen molar-refractivity contribution in [1.82, 2.24) is 20.3 Å². The van der Waals surface area contributed by atoms with Crippen LogP contribution in [0.25, 0.3) is 5.69 Å². The summed E-state index contributed by atoms with van der Waals surface area (Å²) in [6, 6.07) is 4.83. The number of halogens is 1. The normalized spacial score (nSPS) is 11.0. The van der Waals surface area contributed by atoms with E-state index in [1.165, 1.54) is 10.7 Å². The Morgan fingerprint density at radius 3 is 2.90 bits per heavy atom. The third-order valence-corrected chi connectivity index (χ3v) is 3.27. The molecular formula is C13H16BrN5O2. The second kappa shape index (κ2) is 6.77. The molecule has 0 aliphatic carbocycles. The smallest absolute Gasteiger partial charge is 0.296 e. The minimum absolute atomic E-state index is 0.0176. The second-order valence-corrected chi connectivity index (χ2v) is 5.99. The Kier molecular flexibility index (Phi) is 5.03. The molecule has 1 aromatic heterocycles. The zero-order chi connectivity index (χ0) is 15.4. The van der Waals surface area contributed by atoms with Crippen molar-refractivity contribution in [2.24, 2.45) is 5.92 Å². The Bertz CT molecular complexity index is 641. The maximum Gasteiger partial charge on any atom is 0.296 e. The van der Waals surface area contributed by atoms with E-state index in [1.54, 1.807) is 18.3 Å². The highest BCUT2D eigenvalue weighted by Crippen LogP contribution is 2.26. The molecule has 0 spiro atoms. The van der Waals surface area contributed by atoms with Gasteiger partial charge < -0.3 is 5.32 Å². The Hall–Kier alpha value is -1.80. The molecule has 1 aromatic carbocycles. The topological polar surface area (TPSA) is 85.9 Å². The molecule has 0 atom stereocenters. The van der Waals surface area contributed by atoms with Crippen molar-refractivity contribution in [3.8, 4) is 5.69 Å². The Morgan fingerprint density at radius 1 is 1.48 bits per heavy atom. The lowest BCUT2D eigenvalue weighted by molar-refractivity contribution is -0.384. The van der Waals surface area contributed by atoms with Gasteiger partial charge in [-0.3, -0.25) is 10.1 Å². The van der Waals surface area contributed by atoms with Crippen LogP contribution in [0.4, 0.5) is 5.69 Å². The number of nitrogens with one attached hydrogen (secondary N) is 1. The van der Waals surface area contributed by atoms with Gasteiger partial charge in [0.05, 0.1) is 16.8 Å². The maximum absolute atomic E-state index is 11.1. The van der Waals surface area contributed by atoms with E-state index in [0.29, 0.717) is 22.6 Å². The highest BCUT2D eigenvalue weighted by molar-refractivity contribution is 9.10. The monoisotopic (exact) mass is 353 g/mol. The maximum atomic E-state index is 11.1. The number of nitro benzene ring substituents is 1. The van der Waals surface area contributed by atoms with E-state index in [9.17, 15) is 10.1 Å². The zero-order valence-electron chi connectivity index (χ0n) is 11.8. The van der Waals surface area contributed by atoms with Crippen LogP contribution < -0.4 is 5.32 Å². The molecule has 0 bridgehead atoms. The number of hydrogen-bond donors (Lipinski definition) is 1. The molecule has 0 saturated heterocycles. The summed E-state index contributed by atoms with van der Waals surface area (Å²) in [4.78, 5) is 10.7. The molecular weight excluding hydrogens is 338 g/mol. The second-order valence-electron chi connectivity index (χ2n) is 5.07. The van der Waals surface area contributed by atoms with Crippen LogP contribution in [0.15, 0.2) is 28.9 Å². The first-order valence-electron chi connectivity index (χ1n) is 6.53. The minimum atomic E-state index is -0.432. The van der Waals surface area contributed by atoms with Gasteiger partial charge in [-0.15, -0.1) is 5.10 Å². The lowest BCUT2D eigenvalue weighted by atomic mass is 10.2. The fourth-order valence-electron chi connectivity index (χ4n) is 1.82. The number of nitrogens with zero attached hydrogens (tertiary/aromatic N) is 4. The van der Waals surface area contributed by atoms with Crippen LogP contribution in [0.2, 0.25) is 0 Å². The molecule has 0 amide bonds. The van der Waals surface area contributed by atoms with Gasteiger partial charge in [0.25, 0.3) is 5.69 Å². The number of nitro groups is 1. The van der Waals surface area contributed by atoms with E-state index >= 15 is 0 Å². The SMILES string of the molecule is CC(C)CNCc1cn(-c2ccc(Br)cc2[N+](=O)[O-])nn1. The van der Waals surface area contributed by atoms with E-state index in [0.717, 1.165) is 12.2 Å². The van der Waals surface area contributed by atoms with Crippen molar-refractivity contribution in [3.63, 3.8) is 0 Å². The van der Waals surface area contributed by atoms with Gasteiger partial charge in [-0.2, -0.15) is 0 Å². The number of hydrogen-bond acceptors (Lipinski definition) is 5. The summed E-state index contributed by atoms with van der Waals surface area (Å²) < 4.78 is 2.08. The van der Waals surface area contributed by atoms with E-state index in [1.807, 2.05) is 0 Å². The first-order chi connectivity index (χ1) is 9.97. The molecule has 2 rings (SSSR count). The van der Waals surface area contributed by atoms with Crippen LogP contribution in [0.1, 0.15) is 19.5 Å². The van der Waals surface area contributed by atoms with Gasteiger partial charge >= 0.3 is 0 Å². The van der Waals surface area contributed by atoms with E-state index in [-0.39, 0.29) is 5.69 Å². The summed E-state index contributed by atoms with van der Waals surface area (Å²) >= 11 is 3.23. The lowest BCUT2D eigenvalue weighted by Gasteiger charge is -2.04. The quantitative estimate of drug-likeness (QED) is 0.637. The molecule has 1 N–H and O–H groups in total. The fourth-order valence-corrected chi connectivity index (χ4v) is 2.17. The van der Waals surface area contributed by atoms with Crippen molar-refractivity contribution in [3.05, 3.63) is 44.7 Å². The van der Waals surface area contributed by atoms with Gasteiger partial charge in [0.15, 0.2) is 0 Å². The number of rotatable bonds is 6. The average Bonchev–Trinajstić information content (AvgIpc) is 2.86. The summed E-state index contributed by atoms with van der Waals surface area (Å²) in [5, 5.41) is 22.4. The molecule has 0 unspecified atom stereocenters. The lowest BCUT2D eigenvalue weighted by Crippen LogP contribution is -2.19. The molecule has 7 nitrogen and oxygen atoms in total. The number of benzene rings is 1. The first kappa shape index (κ1) is 15.6. The van der Waals surface area contributed by atoms with Gasteiger partial charge in [-0.1, -0.05) is 35.0 Å². The fraction of sp³-hybridized carbons (Fsp3) is 0.385. The molecule has 2 aromatic rings. The summed E-state index contributed by atoms with van der Waals surface area (Å²) in [7, 11) is 0. The molecule has 0 fully saturated rings. The van der Waals surface area contributed by atoms with Crippen molar-refractivity contribution in [1.29, 1.82) is 0 Å². The predicted octanol–water partition coefficient (Wildman–Crippen LogP) is 2.68. The van der Waals surface area contributed by atoms with Gasteiger partial charge in [-0.05, 0) is 24.6 Å². The molecule has 0 saturated carbocycles. The molecule has 112 valence electrons. The molecule has 0 aliphatic heterocycles. The van der Waals surface area contributed by atoms with Gasteiger partial charge in [0.2, 0.25) is 0 Å². The van der Waals surface area contributed by atoms with Crippen LogP contribution in [0, 0.1) is 16.0 Å². The van der Waals surface area contributed by atoms with Gasteiger partial charge in [0.1, 0.15) is 5.69 Å². The van der Waals surface area contributed by atoms with E-state index in [2.05, 4.69) is 45.4 Å². The van der Waals surface area contributed by atoms with Crippen molar-refractivity contribution in [2.45, 2.75) is 20.4 Å². The summed E-state index contributed by atoms with van der Waals surface area (Å²) in [6.07, 6.45) is 1.70. The average molecular weight is 354 g/mol. The Balaban J connectivity index is 2.19. The minimum Gasteiger partial charge on any atom is -0.311 e. The highest BCUT2D eigenvalue weighted by atomic mass is 79.9. The van der Waals surface area contributed by atoms with Crippen LogP contribution in [-0.2, 0) is 6.54 Å². The summed E-state index contributed by atoms with van der Waals surface area (Å²) in [5.74, 6) is 0.549. The van der Waals surface area contributed by atoms with Crippen LogP contribution in [0.3, 0.4) is 0 Å². The summed E-state index contributed by atoms with van der Waals surface area (Å²) in [6.45, 7) is 5.71. The predicted molar refractivity (Wildman–Crippen MR) is 82.3 cm³/mol. The Labute approximate surface area is 130 Å². The Morgan fingerprint density at radius 2 is 2.24 bits per heavy atom.